The van der Waals surface area contributed by atoms with E-state index in [-0.39, 0.29) is 0 Å². The Morgan fingerprint density at radius 1 is 1.40 bits per heavy atom. The molecule has 4 nitrogen and oxygen atoms in total. The zero-order chi connectivity index (χ0) is 14.8. The van der Waals surface area contributed by atoms with Crippen LogP contribution in [0.5, 0.6) is 0 Å². The Kier molecular flexibility index (Phi) is 4.62. The molecular weight excluding hydrogens is 292 g/mol. The van der Waals surface area contributed by atoms with Gasteiger partial charge in [-0.2, -0.15) is 5.10 Å². The minimum Gasteiger partial charge on any atom is -0.360 e. The van der Waals surface area contributed by atoms with Crippen molar-refractivity contribution >= 4 is 36.9 Å². The van der Waals surface area contributed by atoms with Gasteiger partial charge >= 0.3 is 0 Å². The molecule has 0 N–H and O–H groups in total. The van der Waals surface area contributed by atoms with Crippen molar-refractivity contribution in [1.82, 2.24) is 9.78 Å². The summed E-state index contributed by atoms with van der Waals surface area (Å²) >= 11 is 6.19. The van der Waals surface area contributed by atoms with Crippen LogP contribution >= 0.6 is 11.6 Å². The van der Waals surface area contributed by atoms with Crippen molar-refractivity contribution in [2.75, 3.05) is 6.61 Å². The fourth-order valence-corrected chi connectivity index (χ4v) is 2.93. The van der Waals surface area contributed by atoms with E-state index in [4.69, 9.17) is 16.3 Å². The summed E-state index contributed by atoms with van der Waals surface area (Å²) in [7, 11) is -1.09. The fourth-order valence-electron chi connectivity index (χ4n) is 1.91. The van der Waals surface area contributed by atoms with Gasteiger partial charge in [0.2, 0.25) is 0 Å². The molecule has 108 valence electrons. The van der Waals surface area contributed by atoms with Crippen LogP contribution in [0.2, 0.25) is 30.7 Å². The normalized spacial score (nSPS) is 12.0. The molecule has 0 spiro atoms. The van der Waals surface area contributed by atoms with E-state index in [1.807, 2.05) is 0 Å². The number of hydrogen-bond acceptors (Lipinski definition) is 3. The molecule has 0 bridgehead atoms. The second-order valence-electron chi connectivity index (χ2n) is 6.01. The van der Waals surface area contributed by atoms with Crippen molar-refractivity contribution in [2.24, 2.45) is 0 Å². The summed E-state index contributed by atoms with van der Waals surface area (Å²) in [5.41, 5.74) is 1.35. The Balaban J connectivity index is 2.13. The van der Waals surface area contributed by atoms with Crippen LogP contribution in [0.3, 0.4) is 0 Å². The lowest BCUT2D eigenvalue weighted by atomic mass is 10.1. The van der Waals surface area contributed by atoms with Crippen molar-refractivity contribution in [3.05, 3.63) is 28.9 Å². The highest BCUT2D eigenvalue weighted by Gasteiger charge is 2.13. The molecule has 20 heavy (non-hydrogen) atoms. The number of nitrogens with zero attached hydrogens (tertiary/aromatic N) is 2. The zero-order valence-corrected chi connectivity index (χ0v) is 13.8. The maximum Gasteiger partial charge on any atom is 0.150 e. The molecule has 0 aliphatic rings. The highest BCUT2D eigenvalue weighted by molar-refractivity contribution is 6.76. The number of carbonyl (C=O) groups is 1. The van der Waals surface area contributed by atoms with Gasteiger partial charge in [-0.05, 0) is 18.2 Å². The van der Waals surface area contributed by atoms with E-state index < -0.39 is 8.07 Å². The average molecular weight is 311 g/mol. The third-order valence-corrected chi connectivity index (χ3v) is 5.13. The van der Waals surface area contributed by atoms with Crippen LogP contribution in [0.15, 0.2) is 18.3 Å². The van der Waals surface area contributed by atoms with Gasteiger partial charge in [0.1, 0.15) is 6.73 Å². The molecule has 2 rings (SSSR count). The average Bonchev–Trinajstić information content (AvgIpc) is 2.79. The molecule has 1 aromatic carbocycles. The lowest BCUT2D eigenvalue weighted by Crippen LogP contribution is -2.22. The van der Waals surface area contributed by atoms with Crippen molar-refractivity contribution in [1.29, 1.82) is 0 Å². The molecule has 0 saturated carbocycles. The van der Waals surface area contributed by atoms with Gasteiger partial charge < -0.3 is 4.74 Å². The molecule has 0 unspecified atom stereocenters. The van der Waals surface area contributed by atoms with Gasteiger partial charge in [-0.1, -0.05) is 31.2 Å². The monoisotopic (exact) mass is 310 g/mol. The smallest absolute Gasteiger partial charge is 0.150 e. The highest BCUT2D eigenvalue weighted by Crippen LogP contribution is 2.25. The van der Waals surface area contributed by atoms with Crippen molar-refractivity contribution < 1.29 is 9.53 Å². The first kappa shape index (κ1) is 15.2. The molecule has 1 heterocycles. The predicted octanol–water partition coefficient (Wildman–Crippen LogP) is 3.81. The minimum atomic E-state index is -1.09. The third-order valence-electron chi connectivity index (χ3n) is 3.12. The van der Waals surface area contributed by atoms with E-state index in [9.17, 15) is 4.79 Å². The molecule has 0 atom stereocenters. The second kappa shape index (κ2) is 6.07. The topological polar surface area (TPSA) is 44.1 Å². The van der Waals surface area contributed by atoms with Gasteiger partial charge in [0.05, 0.1) is 16.7 Å². The first-order chi connectivity index (χ1) is 9.42. The Morgan fingerprint density at radius 2 is 2.15 bits per heavy atom. The van der Waals surface area contributed by atoms with E-state index in [1.165, 1.54) is 0 Å². The summed E-state index contributed by atoms with van der Waals surface area (Å²) in [4.78, 5) is 11.0. The quantitative estimate of drug-likeness (QED) is 0.463. The molecule has 1 aromatic heterocycles. The number of fused-ring (bicyclic) bond motifs is 1. The van der Waals surface area contributed by atoms with E-state index >= 15 is 0 Å². The lowest BCUT2D eigenvalue weighted by molar-refractivity contribution is 0.0817. The number of aldehydes is 1. The highest BCUT2D eigenvalue weighted by atomic mass is 35.5. The summed E-state index contributed by atoms with van der Waals surface area (Å²) in [5, 5.41) is 5.60. The zero-order valence-electron chi connectivity index (χ0n) is 12.0. The molecule has 0 saturated heterocycles. The molecule has 0 aliphatic carbocycles. The van der Waals surface area contributed by atoms with Crippen molar-refractivity contribution in [2.45, 2.75) is 32.4 Å². The van der Waals surface area contributed by atoms with Crippen molar-refractivity contribution in [3.8, 4) is 0 Å². The number of carbonyl (C=O) groups excluding carboxylic acids is 1. The van der Waals surface area contributed by atoms with Crippen LogP contribution in [0.25, 0.3) is 10.9 Å². The van der Waals surface area contributed by atoms with E-state index in [0.717, 1.165) is 29.8 Å². The van der Waals surface area contributed by atoms with E-state index in [1.54, 1.807) is 23.0 Å². The first-order valence-corrected chi connectivity index (χ1v) is 10.7. The largest absolute Gasteiger partial charge is 0.360 e. The van der Waals surface area contributed by atoms with Crippen molar-refractivity contribution in [3.63, 3.8) is 0 Å². The predicted molar refractivity (Wildman–Crippen MR) is 84.2 cm³/mol. The Bertz CT molecular complexity index is 619. The SMILES string of the molecule is C[Si](C)(C)CCOCn1ncc2c(C=O)ccc(Cl)c21. The summed E-state index contributed by atoms with van der Waals surface area (Å²) < 4.78 is 7.38. The molecular formula is C14H19ClN2O2Si. The van der Waals surface area contributed by atoms with E-state index in [2.05, 4.69) is 24.7 Å². The summed E-state index contributed by atoms with van der Waals surface area (Å²) in [6, 6.07) is 4.53. The number of benzene rings is 1. The van der Waals surface area contributed by atoms with Crippen LogP contribution in [0, 0.1) is 0 Å². The van der Waals surface area contributed by atoms with Crippen LogP contribution in [0.4, 0.5) is 0 Å². The van der Waals surface area contributed by atoms with E-state index in [0.29, 0.717) is 17.3 Å². The number of hydrogen-bond donors (Lipinski definition) is 0. The summed E-state index contributed by atoms with van der Waals surface area (Å²) in [5.74, 6) is 0. The van der Waals surface area contributed by atoms with Crippen LogP contribution < -0.4 is 0 Å². The number of aromatic nitrogens is 2. The second-order valence-corrected chi connectivity index (χ2v) is 12.0. The molecule has 2 aromatic rings. The van der Waals surface area contributed by atoms with Gasteiger partial charge in [0.15, 0.2) is 6.29 Å². The van der Waals surface area contributed by atoms with Gasteiger partial charge in [-0.15, -0.1) is 0 Å². The van der Waals surface area contributed by atoms with Crippen LogP contribution in [-0.2, 0) is 11.5 Å². The third kappa shape index (κ3) is 3.48. The number of rotatable bonds is 6. The molecule has 0 radical (unpaired) electrons. The molecule has 0 amide bonds. The standard InChI is InChI=1S/C14H19ClN2O2Si/c1-20(2,3)7-6-19-10-17-14-12(8-16-17)11(9-18)4-5-13(14)15/h4-5,8-9H,6-7,10H2,1-3H3. The summed E-state index contributed by atoms with van der Waals surface area (Å²) in [6.07, 6.45) is 2.48. The molecule has 0 aliphatic heterocycles. The van der Waals surface area contributed by atoms with Gasteiger partial charge in [-0.3, -0.25) is 4.79 Å². The Morgan fingerprint density at radius 3 is 2.80 bits per heavy atom. The van der Waals surface area contributed by atoms with Gasteiger partial charge in [0.25, 0.3) is 0 Å². The maximum absolute atomic E-state index is 11.0. The molecule has 0 fully saturated rings. The fraction of sp³-hybridized carbons (Fsp3) is 0.429. The lowest BCUT2D eigenvalue weighted by Gasteiger charge is -2.15. The Hall–Kier alpha value is -1.17. The van der Waals surface area contributed by atoms with Crippen LogP contribution in [-0.4, -0.2) is 30.7 Å². The van der Waals surface area contributed by atoms with Gasteiger partial charge in [0, 0.05) is 25.6 Å². The molecule has 6 heteroatoms. The Labute approximate surface area is 124 Å². The number of ether oxygens (including phenoxy) is 1. The minimum absolute atomic E-state index is 0.357. The van der Waals surface area contributed by atoms with Gasteiger partial charge in [-0.25, -0.2) is 4.68 Å². The first-order valence-electron chi connectivity index (χ1n) is 6.59. The maximum atomic E-state index is 11.0. The number of halogens is 1. The summed E-state index contributed by atoms with van der Waals surface area (Å²) in [6.45, 7) is 8.02. The van der Waals surface area contributed by atoms with Crippen LogP contribution in [0.1, 0.15) is 10.4 Å².